The van der Waals surface area contributed by atoms with Gasteiger partial charge >= 0.3 is 0 Å². The summed E-state index contributed by atoms with van der Waals surface area (Å²) in [5, 5.41) is 6.22. The van der Waals surface area contributed by atoms with E-state index in [2.05, 4.69) is 27.2 Å². The molecule has 0 aliphatic heterocycles. The number of guanidine groups is 1. The summed E-state index contributed by atoms with van der Waals surface area (Å²) in [6, 6.07) is 5.08. The molecule has 0 saturated carbocycles. The minimum atomic E-state index is -0.297. The molecule has 23 heavy (non-hydrogen) atoms. The van der Waals surface area contributed by atoms with E-state index in [0.29, 0.717) is 24.7 Å². The Morgan fingerprint density at radius 3 is 2.87 bits per heavy atom. The van der Waals surface area contributed by atoms with Crippen LogP contribution < -0.4 is 10.6 Å². The number of imidazole rings is 1. The van der Waals surface area contributed by atoms with Gasteiger partial charge in [-0.3, -0.25) is 0 Å². The first kappa shape index (κ1) is 19.1. The van der Waals surface area contributed by atoms with Gasteiger partial charge in [-0.05, 0) is 24.6 Å². The minimum absolute atomic E-state index is 0. The Morgan fingerprint density at radius 2 is 2.26 bits per heavy atom. The van der Waals surface area contributed by atoms with Gasteiger partial charge < -0.3 is 15.2 Å². The van der Waals surface area contributed by atoms with Gasteiger partial charge in [-0.15, -0.1) is 30.6 Å². The van der Waals surface area contributed by atoms with E-state index in [-0.39, 0.29) is 29.8 Å². The topological polar surface area (TPSA) is 54.2 Å². The van der Waals surface area contributed by atoms with E-state index in [4.69, 9.17) is 0 Å². The molecule has 0 amide bonds. The molecule has 2 aromatic rings. The Labute approximate surface area is 152 Å². The molecule has 1 heterocycles. The number of nitrogens with one attached hydrogen (secondary N) is 2. The molecule has 0 saturated heterocycles. The molecule has 7 heteroatoms. The van der Waals surface area contributed by atoms with Crippen LogP contribution in [-0.4, -0.2) is 28.6 Å². The van der Waals surface area contributed by atoms with E-state index in [1.54, 1.807) is 35.4 Å². The van der Waals surface area contributed by atoms with Crippen molar-refractivity contribution in [2.45, 2.75) is 13.5 Å². The summed E-state index contributed by atoms with van der Waals surface area (Å²) in [5.41, 5.74) is 1.28. The number of aromatic nitrogens is 2. The average molecular weight is 429 g/mol. The Morgan fingerprint density at radius 1 is 1.43 bits per heavy atom. The summed E-state index contributed by atoms with van der Waals surface area (Å²) in [5.74, 6) is 0.385. The summed E-state index contributed by atoms with van der Waals surface area (Å²) in [4.78, 5) is 8.34. The van der Waals surface area contributed by atoms with Gasteiger partial charge in [0.1, 0.15) is 5.82 Å². The molecule has 1 aromatic heterocycles. The van der Waals surface area contributed by atoms with E-state index in [9.17, 15) is 4.39 Å². The highest BCUT2D eigenvalue weighted by Crippen LogP contribution is 2.15. The summed E-state index contributed by atoms with van der Waals surface area (Å²) in [6.07, 6.45) is 6.65. The summed E-state index contributed by atoms with van der Waals surface area (Å²) in [7, 11) is 0. The highest BCUT2D eigenvalue weighted by molar-refractivity contribution is 14.0. The number of rotatable bonds is 6. The van der Waals surface area contributed by atoms with Gasteiger partial charge in [0, 0.05) is 25.5 Å². The Bertz CT molecular complexity index is 640. The molecule has 0 radical (unpaired) electrons. The van der Waals surface area contributed by atoms with Gasteiger partial charge in [0.25, 0.3) is 0 Å². The van der Waals surface area contributed by atoms with Crippen LogP contribution in [0.1, 0.15) is 12.5 Å². The molecular formula is C16H21FIN5. The van der Waals surface area contributed by atoms with Crippen LogP contribution in [0.4, 0.5) is 4.39 Å². The summed E-state index contributed by atoms with van der Waals surface area (Å²) in [6.45, 7) is 7.43. The lowest BCUT2D eigenvalue weighted by Crippen LogP contribution is -2.37. The minimum Gasteiger partial charge on any atom is -0.357 e. The number of aliphatic imine (C=N–C) groups is 1. The highest BCUT2D eigenvalue weighted by Gasteiger charge is 2.05. The molecule has 0 bridgehead atoms. The number of hydrogen-bond donors (Lipinski definition) is 2. The standard InChI is InChI=1S/C16H20FN5.HI/c1-3-7-20-16(19-4-2)21-11-13-5-6-15(14(17)10-13)22-9-8-18-12-22;/h3,5-6,8-10,12H,1,4,7,11H2,2H3,(H2,19,20,21);1H. The van der Waals surface area contributed by atoms with Gasteiger partial charge in [0.2, 0.25) is 0 Å². The molecule has 0 aliphatic rings. The molecular weight excluding hydrogens is 408 g/mol. The fourth-order valence-corrected chi connectivity index (χ4v) is 1.94. The normalized spacial score (nSPS) is 10.8. The fraction of sp³-hybridized carbons (Fsp3) is 0.250. The first-order valence-corrected chi connectivity index (χ1v) is 7.14. The smallest absolute Gasteiger partial charge is 0.191 e. The highest BCUT2D eigenvalue weighted by atomic mass is 127. The largest absolute Gasteiger partial charge is 0.357 e. The van der Waals surface area contributed by atoms with Gasteiger partial charge in [-0.2, -0.15) is 0 Å². The first-order valence-electron chi connectivity index (χ1n) is 7.14. The van der Waals surface area contributed by atoms with Crippen molar-refractivity contribution >= 4 is 29.9 Å². The van der Waals surface area contributed by atoms with Crippen LogP contribution in [0.3, 0.4) is 0 Å². The van der Waals surface area contributed by atoms with E-state index in [0.717, 1.165) is 12.1 Å². The molecule has 0 fully saturated rings. The monoisotopic (exact) mass is 429 g/mol. The van der Waals surface area contributed by atoms with Gasteiger partial charge in [0.15, 0.2) is 5.96 Å². The number of benzene rings is 1. The molecule has 1 aromatic carbocycles. The molecule has 0 aliphatic carbocycles. The zero-order valence-corrected chi connectivity index (χ0v) is 15.3. The predicted octanol–water partition coefficient (Wildman–Crippen LogP) is 2.87. The third kappa shape index (κ3) is 5.66. The van der Waals surface area contributed by atoms with Gasteiger partial charge in [-0.25, -0.2) is 14.4 Å². The fourth-order valence-electron chi connectivity index (χ4n) is 1.94. The molecule has 2 N–H and O–H groups in total. The average Bonchev–Trinajstić information content (AvgIpc) is 3.04. The Kier molecular flexibility index (Phi) is 8.31. The summed E-state index contributed by atoms with van der Waals surface area (Å²) < 4.78 is 15.8. The maximum absolute atomic E-state index is 14.1. The Balaban J connectivity index is 0.00000264. The number of halogens is 2. The molecule has 0 atom stereocenters. The lowest BCUT2D eigenvalue weighted by Gasteiger charge is -2.10. The number of nitrogens with zero attached hydrogens (tertiary/aromatic N) is 3. The molecule has 124 valence electrons. The van der Waals surface area contributed by atoms with Crippen LogP contribution >= 0.6 is 24.0 Å². The molecule has 2 rings (SSSR count). The van der Waals surface area contributed by atoms with E-state index < -0.39 is 0 Å². The van der Waals surface area contributed by atoms with E-state index >= 15 is 0 Å². The van der Waals surface area contributed by atoms with Crippen molar-refractivity contribution in [2.24, 2.45) is 4.99 Å². The lowest BCUT2D eigenvalue weighted by molar-refractivity contribution is 0.615. The number of hydrogen-bond acceptors (Lipinski definition) is 2. The van der Waals surface area contributed by atoms with Crippen LogP contribution in [-0.2, 0) is 6.54 Å². The van der Waals surface area contributed by atoms with Crippen molar-refractivity contribution in [2.75, 3.05) is 13.1 Å². The summed E-state index contributed by atoms with van der Waals surface area (Å²) >= 11 is 0. The van der Waals surface area contributed by atoms with Crippen molar-refractivity contribution in [3.05, 3.63) is 61.0 Å². The first-order chi connectivity index (χ1) is 10.7. The van der Waals surface area contributed by atoms with Gasteiger partial charge in [-0.1, -0.05) is 12.1 Å². The van der Waals surface area contributed by atoms with Crippen molar-refractivity contribution in [1.29, 1.82) is 0 Å². The Hall–Kier alpha value is -1.90. The predicted molar refractivity (Wildman–Crippen MR) is 102 cm³/mol. The maximum atomic E-state index is 14.1. The van der Waals surface area contributed by atoms with Crippen LogP contribution in [0.15, 0.2) is 54.6 Å². The van der Waals surface area contributed by atoms with Crippen molar-refractivity contribution in [3.63, 3.8) is 0 Å². The van der Waals surface area contributed by atoms with Crippen molar-refractivity contribution < 1.29 is 4.39 Å². The molecule has 5 nitrogen and oxygen atoms in total. The maximum Gasteiger partial charge on any atom is 0.191 e. The van der Waals surface area contributed by atoms with E-state index in [1.165, 1.54) is 6.07 Å². The van der Waals surface area contributed by atoms with Crippen LogP contribution in [0.25, 0.3) is 5.69 Å². The zero-order valence-electron chi connectivity index (χ0n) is 13.0. The molecule has 0 unspecified atom stereocenters. The van der Waals surface area contributed by atoms with Crippen LogP contribution in [0.2, 0.25) is 0 Å². The third-order valence-corrected chi connectivity index (χ3v) is 2.97. The second kappa shape index (κ2) is 9.98. The van der Waals surface area contributed by atoms with E-state index in [1.807, 2.05) is 13.0 Å². The van der Waals surface area contributed by atoms with Crippen molar-refractivity contribution in [3.8, 4) is 5.69 Å². The second-order valence-corrected chi connectivity index (χ2v) is 4.62. The van der Waals surface area contributed by atoms with Crippen LogP contribution in [0, 0.1) is 5.82 Å². The quantitative estimate of drug-likeness (QED) is 0.322. The van der Waals surface area contributed by atoms with Crippen molar-refractivity contribution in [1.82, 2.24) is 20.2 Å². The lowest BCUT2D eigenvalue weighted by atomic mass is 10.2. The molecule has 0 spiro atoms. The second-order valence-electron chi connectivity index (χ2n) is 4.62. The van der Waals surface area contributed by atoms with Gasteiger partial charge in [0.05, 0.1) is 18.6 Å². The SMILES string of the molecule is C=CCNC(=NCc1ccc(-n2ccnc2)c(F)c1)NCC.I. The zero-order chi connectivity index (χ0) is 15.8. The third-order valence-electron chi connectivity index (χ3n) is 2.97. The van der Waals surface area contributed by atoms with Crippen LogP contribution in [0.5, 0.6) is 0 Å².